The van der Waals surface area contributed by atoms with Crippen LogP contribution in [0.4, 0.5) is 30.2 Å². The van der Waals surface area contributed by atoms with Crippen molar-refractivity contribution in [3.8, 4) is 0 Å². The number of nitrogens with zero attached hydrogens (tertiary/aromatic N) is 2. The van der Waals surface area contributed by atoms with Gasteiger partial charge in [0.1, 0.15) is 5.69 Å². The highest BCUT2D eigenvalue weighted by Gasteiger charge is 2.34. The molecule has 1 aliphatic heterocycles. The number of amides is 1. The van der Waals surface area contributed by atoms with Crippen molar-refractivity contribution >= 4 is 51.9 Å². The SMILES string of the molecule is O=C(NC(=S)Nc1ccc(Cl)cc1C(F)(F)F)c1ccc(N2CCCC2)c([N+](=O)[O-])c1. The number of hydrogen-bond acceptors (Lipinski definition) is 5. The van der Waals surface area contributed by atoms with Crippen LogP contribution in [0.15, 0.2) is 36.4 Å². The van der Waals surface area contributed by atoms with Crippen LogP contribution in [0.3, 0.4) is 0 Å². The highest BCUT2D eigenvalue weighted by molar-refractivity contribution is 7.80. The molecule has 0 aliphatic carbocycles. The Hall–Kier alpha value is -2.92. The molecule has 0 unspecified atom stereocenters. The predicted molar refractivity (Wildman–Crippen MR) is 115 cm³/mol. The molecule has 7 nitrogen and oxygen atoms in total. The van der Waals surface area contributed by atoms with Crippen LogP contribution in [0.2, 0.25) is 5.02 Å². The quantitative estimate of drug-likeness (QED) is 0.370. The Morgan fingerprint density at radius 3 is 2.45 bits per heavy atom. The summed E-state index contributed by atoms with van der Waals surface area (Å²) in [4.78, 5) is 25.2. The minimum absolute atomic E-state index is 0.0500. The molecule has 0 spiro atoms. The smallest absolute Gasteiger partial charge is 0.366 e. The number of halogens is 4. The van der Waals surface area contributed by atoms with Crippen molar-refractivity contribution < 1.29 is 22.9 Å². The van der Waals surface area contributed by atoms with E-state index < -0.39 is 33.4 Å². The van der Waals surface area contributed by atoms with E-state index in [9.17, 15) is 28.1 Å². The molecule has 0 bridgehead atoms. The predicted octanol–water partition coefficient (Wildman–Crippen LogP) is 4.99. The van der Waals surface area contributed by atoms with Crippen LogP contribution in [0.5, 0.6) is 0 Å². The van der Waals surface area contributed by atoms with E-state index in [-0.39, 0.29) is 16.3 Å². The molecule has 0 atom stereocenters. The molecule has 3 rings (SSSR count). The Balaban J connectivity index is 1.77. The fraction of sp³-hybridized carbons (Fsp3) is 0.263. The van der Waals surface area contributed by atoms with Crippen molar-refractivity contribution in [1.29, 1.82) is 0 Å². The van der Waals surface area contributed by atoms with Gasteiger partial charge in [0.2, 0.25) is 0 Å². The molecule has 0 saturated carbocycles. The third-order valence-electron chi connectivity index (χ3n) is 4.64. The van der Waals surface area contributed by atoms with E-state index in [1.807, 2.05) is 4.90 Å². The van der Waals surface area contributed by atoms with Gasteiger partial charge in [0.05, 0.1) is 16.2 Å². The van der Waals surface area contributed by atoms with Crippen LogP contribution in [0, 0.1) is 10.1 Å². The fourth-order valence-corrected chi connectivity index (χ4v) is 3.60. The summed E-state index contributed by atoms with van der Waals surface area (Å²) in [6.07, 6.45) is -2.85. The van der Waals surface area contributed by atoms with Crippen molar-refractivity contribution in [3.63, 3.8) is 0 Å². The lowest BCUT2D eigenvalue weighted by atomic mass is 10.1. The first-order valence-electron chi connectivity index (χ1n) is 9.09. The van der Waals surface area contributed by atoms with Gasteiger partial charge in [-0.05, 0) is 55.4 Å². The van der Waals surface area contributed by atoms with Crippen molar-refractivity contribution in [3.05, 3.63) is 62.7 Å². The largest absolute Gasteiger partial charge is 0.418 e. The van der Waals surface area contributed by atoms with Crippen LogP contribution in [-0.2, 0) is 6.18 Å². The number of nitro groups is 1. The first-order valence-corrected chi connectivity index (χ1v) is 9.87. The lowest BCUT2D eigenvalue weighted by Gasteiger charge is -2.18. The summed E-state index contributed by atoms with van der Waals surface area (Å²) in [5.74, 6) is -0.795. The molecule has 2 N–H and O–H groups in total. The van der Waals surface area contributed by atoms with Crippen LogP contribution >= 0.6 is 23.8 Å². The Bertz CT molecular complexity index is 1040. The maximum absolute atomic E-state index is 13.2. The van der Waals surface area contributed by atoms with Gasteiger partial charge in [0, 0.05) is 29.7 Å². The van der Waals surface area contributed by atoms with E-state index >= 15 is 0 Å². The van der Waals surface area contributed by atoms with E-state index in [1.54, 1.807) is 0 Å². The Morgan fingerprint density at radius 2 is 1.84 bits per heavy atom. The lowest BCUT2D eigenvalue weighted by Crippen LogP contribution is -2.34. The van der Waals surface area contributed by atoms with Gasteiger partial charge in [-0.25, -0.2) is 0 Å². The molecule has 12 heteroatoms. The van der Waals surface area contributed by atoms with E-state index in [2.05, 4.69) is 10.6 Å². The molecule has 2 aromatic carbocycles. The number of carbonyl (C=O) groups excluding carboxylic acids is 1. The summed E-state index contributed by atoms with van der Waals surface area (Å²) < 4.78 is 39.6. The Labute approximate surface area is 185 Å². The van der Waals surface area contributed by atoms with Crippen LogP contribution in [0.1, 0.15) is 28.8 Å². The molecule has 31 heavy (non-hydrogen) atoms. The normalized spacial score (nSPS) is 13.7. The summed E-state index contributed by atoms with van der Waals surface area (Å²) in [6, 6.07) is 7.06. The van der Waals surface area contributed by atoms with Gasteiger partial charge in [0.25, 0.3) is 11.6 Å². The minimum atomic E-state index is -4.70. The van der Waals surface area contributed by atoms with Gasteiger partial charge in [-0.2, -0.15) is 13.2 Å². The van der Waals surface area contributed by atoms with Crippen molar-refractivity contribution in [2.45, 2.75) is 19.0 Å². The number of rotatable bonds is 4. The van der Waals surface area contributed by atoms with Crippen molar-refractivity contribution in [2.24, 2.45) is 0 Å². The van der Waals surface area contributed by atoms with E-state index in [0.717, 1.165) is 31.0 Å². The molecule has 1 aliphatic rings. The highest BCUT2D eigenvalue weighted by atomic mass is 35.5. The minimum Gasteiger partial charge on any atom is -0.366 e. The number of benzene rings is 2. The molecule has 1 heterocycles. The molecule has 0 radical (unpaired) electrons. The van der Waals surface area contributed by atoms with Crippen molar-refractivity contribution in [2.75, 3.05) is 23.3 Å². The maximum atomic E-state index is 13.2. The van der Waals surface area contributed by atoms with Gasteiger partial charge in [0.15, 0.2) is 5.11 Å². The second kappa shape index (κ2) is 9.06. The number of anilines is 2. The topological polar surface area (TPSA) is 87.5 Å². The Kier molecular flexibility index (Phi) is 6.65. The van der Waals surface area contributed by atoms with E-state index in [0.29, 0.717) is 18.8 Å². The first kappa shape index (κ1) is 22.8. The highest BCUT2D eigenvalue weighted by Crippen LogP contribution is 2.36. The van der Waals surface area contributed by atoms with E-state index in [1.165, 1.54) is 18.2 Å². The molecule has 1 saturated heterocycles. The van der Waals surface area contributed by atoms with Crippen molar-refractivity contribution in [1.82, 2.24) is 5.32 Å². The first-order chi connectivity index (χ1) is 14.6. The summed E-state index contributed by atoms with van der Waals surface area (Å²) in [5, 5.41) is 15.5. The second-order valence-corrected chi connectivity index (χ2v) is 7.60. The van der Waals surface area contributed by atoms with Crippen LogP contribution < -0.4 is 15.5 Å². The monoisotopic (exact) mass is 472 g/mol. The van der Waals surface area contributed by atoms with E-state index in [4.69, 9.17) is 23.8 Å². The third-order valence-corrected chi connectivity index (χ3v) is 5.08. The number of nitrogens with one attached hydrogen (secondary N) is 2. The second-order valence-electron chi connectivity index (χ2n) is 6.75. The van der Waals surface area contributed by atoms with Gasteiger partial charge >= 0.3 is 6.18 Å². The number of carbonyl (C=O) groups is 1. The molecule has 2 aromatic rings. The molecular formula is C19H16ClF3N4O3S. The zero-order valence-corrected chi connectivity index (χ0v) is 17.4. The average molecular weight is 473 g/mol. The summed E-state index contributed by atoms with van der Waals surface area (Å²) in [6.45, 7) is 1.37. The lowest BCUT2D eigenvalue weighted by molar-refractivity contribution is -0.384. The summed E-state index contributed by atoms with van der Waals surface area (Å²) in [5.41, 5.74) is -1.31. The van der Waals surface area contributed by atoms with Gasteiger partial charge in [-0.15, -0.1) is 0 Å². The van der Waals surface area contributed by atoms with Gasteiger partial charge < -0.3 is 10.2 Å². The molecule has 1 amide bonds. The maximum Gasteiger partial charge on any atom is 0.418 e. The van der Waals surface area contributed by atoms with Gasteiger partial charge in [-0.3, -0.25) is 20.2 Å². The van der Waals surface area contributed by atoms with Crippen LogP contribution in [0.25, 0.3) is 0 Å². The number of thiocarbonyl (C=S) groups is 1. The average Bonchev–Trinajstić information content (AvgIpc) is 3.22. The number of nitro benzene ring substituents is 1. The summed E-state index contributed by atoms with van der Waals surface area (Å²) in [7, 11) is 0. The molecule has 1 fully saturated rings. The standard InChI is InChI=1S/C19H16ClF3N4O3S/c20-12-4-5-14(13(10-12)19(21,22)23)24-18(31)25-17(28)11-3-6-15(16(9-11)27(29)30)26-7-1-2-8-26/h3-6,9-10H,1-2,7-8H2,(H2,24,25,28,31). The zero-order chi connectivity index (χ0) is 22.8. The van der Waals surface area contributed by atoms with Crippen LogP contribution in [-0.4, -0.2) is 29.0 Å². The van der Waals surface area contributed by atoms with Gasteiger partial charge in [-0.1, -0.05) is 11.6 Å². The Morgan fingerprint density at radius 1 is 1.16 bits per heavy atom. The fourth-order valence-electron chi connectivity index (χ4n) is 3.23. The number of hydrogen-bond donors (Lipinski definition) is 2. The molecule has 0 aromatic heterocycles. The number of alkyl halides is 3. The molecular weight excluding hydrogens is 457 g/mol. The molecule has 164 valence electrons. The summed E-state index contributed by atoms with van der Waals surface area (Å²) >= 11 is 10.6. The zero-order valence-electron chi connectivity index (χ0n) is 15.8. The third kappa shape index (κ3) is 5.42.